The van der Waals surface area contributed by atoms with Crippen molar-refractivity contribution >= 4 is 5.91 Å². The maximum atomic E-state index is 11.8. The van der Waals surface area contributed by atoms with Crippen molar-refractivity contribution < 1.29 is 9.90 Å². The Balaban J connectivity index is 2.64. The molecule has 1 aliphatic heterocycles. The van der Waals surface area contributed by atoms with Crippen LogP contribution < -0.4 is 5.73 Å². The minimum absolute atomic E-state index is 0.0709. The third kappa shape index (κ3) is 3.15. The number of nitrogens with zero attached hydrogens (tertiary/aromatic N) is 2. The van der Waals surface area contributed by atoms with Crippen molar-refractivity contribution in [1.29, 1.82) is 0 Å². The molecule has 5 nitrogen and oxygen atoms in total. The predicted octanol–water partition coefficient (Wildman–Crippen LogP) is -1.14. The number of aliphatic hydroxyl groups is 1. The number of rotatable bonds is 3. The Labute approximate surface area is 90.8 Å². The highest BCUT2D eigenvalue weighted by atomic mass is 16.3. The number of nitrogens with two attached hydrogens (primary N) is 1. The first-order valence-electron chi connectivity index (χ1n) is 5.30. The van der Waals surface area contributed by atoms with E-state index in [-0.39, 0.29) is 11.9 Å². The van der Waals surface area contributed by atoms with Gasteiger partial charge in [0, 0.05) is 19.1 Å². The lowest BCUT2D eigenvalue weighted by Gasteiger charge is -2.28. The lowest BCUT2D eigenvalue weighted by atomic mass is 10.2. The van der Waals surface area contributed by atoms with E-state index in [0.717, 1.165) is 6.54 Å². The Bertz CT molecular complexity index is 231. The van der Waals surface area contributed by atoms with Crippen LogP contribution in [-0.4, -0.2) is 66.2 Å². The minimum atomic E-state index is -0.486. The van der Waals surface area contributed by atoms with E-state index in [9.17, 15) is 9.90 Å². The number of hydrogen-bond donors (Lipinski definition) is 2. The summed E-state index contributed by atoms with van der Waals surface area (Å²) < 4.78 is 0. The first-order valence-corrected chi connectivity index (χ1v) is 5.30. The topological polar surface area (TPSA) is 69.8 Å². The van der Waals surface area contributed by atoms with Gasteiger partial charge in [-0.25, -0.2) is 0 Å². The molecule has 0 radical (unpaired) electrons. The summed E-state index contributed by atoms with van der Waals surface area (Å²) in [5.41, 5.74) is 5.57. The first-order chi connectivity index (χ1) is 6.91. The third-order valence-electron chi connectivity index (χ3n) is 2.64. The molecule has 88 valence electrons. The Morgan fingerprint density at radius 1 is 1.67 bits per heavy atom. The fraction of sp³-hybridized carbons (Fsp3) is 0.900. The molecule has 0 aliphatic carbocycles. The summed E-state index contributed by atoms with van der Waals surface area (Å²) in [6.07, 6.45) is 0.244. The highest BCUT2D eigenvalue weighted by Gasteiger charge is 2.35. The molecule has 1 amide bonds. The van der Waals surface area contributed by atoms with Crippen molar-refractivity contribution in [2.45, 2.75) is 31.5 Å². The quantitative estimate of drug-likeness (QED) is 0.624. The molecule has 1 aliphatic rings. The second-order valence-electron chi connectivity index (χ2n) is 4.58. The lowest BCUT2D eigenvalue weighted by molar-refractivity contribution is -0.133. The fourth-order valence-corrected chi connectivity index (χ4v) is 2.02. The van der Waals surface area contributed by atoms with Crippen LogP contribution in [-0.2, 0) is 4.79 Å². The van der Waals surface area contributed by atoms with Crippen molar-refractivity contribution in [3.63, 3.8) is 0 Å². The van der Waals surface area contributed by atoms with E-state index < -0.39 is 12.1 Å². The van der Waals surface area contributed by atoms with Gasteiger partial charge in [0.15, 0.2) is 0 Å². The molecule has 3 N–H and O–H groups in total. The van der Waals surface area contributed by atoms with E-state index in [1.807, 2.05) is 19.0 Å². The van der Waals surface area contributed by atoms with Crippen molar-refractivity contribution in [2.24, 2.45) is 5.73 Å². The smallest absolute Gasteiger partial charge is 0.239 e. The highest BCUT2D eigenvalue weighted by Crippen LogP contribution is 2.19. The molecular formula is C10H21N3O2. The predicted molar refractivity (Wildman–Crippen MR) is 58.3 cm³/mol. The third-order valence-corrected chi connectivity index (χ3v) is 2.64. The van der Waals surface area contributed by atoms with Gasteiger partial charge in [-0.15, -0.1) is 0 Å². The molecule has 0 saturated carbocycles. The Hall–Kier alpha value is -0.650. The Kier molecular flexibility index (Phi) is 4.07. The molecule has 0 aromatic rings. The van der Waals surface area contributed by atoms with Crippen molar-refractivity contribution in [3.05, 3.63) is 0 Å². The summed E-state index contributed by atoms with van der Waals surface area (Å²) in [6, 6.07) is -0.395. The van der Waals surface area contributed by atoms with Crippen molar-refractivity contribution in [3.8, 4) is 0 Å². The number of aliphatic hydroxyl groups excluding tert-OH is 1. The number of likely N-dealkylation sites (N-methyl/N-ethyl adjacent to an activating group) is 1. The normalized spacial score (nSPS) is 28.5. The number of carbonyl (C=O) groups is 1. The zero-order chi connectivity index (χ0) is 11.6. The van der Waals surface area contributed by atoms with E-state index in [2.05, 4.69) is 0 Å². The molecule has 0 aromatic carbocycles. The molecule has 0 spiro atoms. The van der Waals surface area contributed by atoms with Crippen LogP contribution in [0.25, 0.3) is 0 Å². The van der Waals surface area contributed by atoms with Crippen LogP contribution >= 0.6 is 0 Å². The van der Waals surface area contributed by atoms with Gasteiger partial charge in [0.1, 0.15) is 0 Å². The molecule has 2 unspecified atom stereocenters. The average molecular weight is 215 g/mol. The minimum Gasteiger partial charge on any atom is -0.391 e. The number of hydrogen-bond acceptors (Lipinski definition) is 4. The summed E-state index contributed by atoms with van der Waals surface area (Å²) in [5, 5.41) is 9.56. The molecule has 1 saturated heterocycles. The number of carbonyl (C=O) groups excluding carboxylic acids is 1. The zero-order valence-electron chi connectivity index (χ0n) is 9.68. The van der Waals surface area contributed by atoms with Gasteiger partial charge in [0.05, 0.1) is 12.1 Å². The molecule has 0 bridgehead atoms. The molecule has 0 aromatic heterocycles. The van der Waals surface area contributed by atoms with Gasteiger partial charge in [-0.05, 0) is 27.4 Å². The van der Waals surface area contributed by atoms with Crippen LogP contribution in [0.2, 0.25) is 0 Å². The largest absolute Gasteiger partial charge is 0.391 e. The van der Waals surface area contributed by atoms with E-state index in [1.165, 1.54) is 0 Å². The molecule has 1 fully saturated rings. The van der Waals surface area contributed by atoms with E-state index in [0.29, 0.717) is 13.0 Å². The number of amides is 1. The van der Waals surface area contributed by atoms with Crippen LogP contribution in [0.3, 0.4) is 0 Å². The van der Waals surface area contributed by atoms with E-state index in [1.54, 1.807) is 11.8 Å². The SMILES string of the molecule is C[C@H](N)C(=O)N1CC(O)CC1CN(C)C. The first kappa shape index (κ1) is 12.4. The zero-order valence-corrected chi connectivity index (χ0v) is 9.68. The summed E-state index contributed by atoms with van der Waals surface area (Å²) in [5.74, 6) is -0.0709. The van der Waals surface area contributed by atoms with E-state index >= 15 is 0 Å². The standard InChI is InChI=1S/C10H21N3O2/c1-7(11)10(15)13-6-9(14)4-8(13)5-12(2)3/h7-9,14H,4-6,11H2,1-3H3/t7-,8?,9?/m0/s1. The molecular weight excluding hydrogens is 194 g/mol. The van der Waals surface area contributed by atoms with Crippen LogP contribution in [0.5, 0.6) is 0 Å². The monoisotopic (exact) mass is 215 g/mol. The van der Waals surface area contributed by atoms with Gasteiger partial charge in [0.25, 0.3) is 0 Å². The van der Waals surface area contributed by atoms with Crippen molar-refractivity contribution in [2.75, 3.05) is 27.2 Å². The van der Waals surface area contributed by atoms with Crippen LogP contribution in [0.15, 0.2) is 0 Å². The van der Waals surface area contributed by atoms with Gasteiger partial charge in [0.2, 0.25) is 5.91 Å². The summed E-state index contributed by atoms with van der Waals surface area (Å²) >= 11 is 0. The van der Waals surface area contributed by atoms with Crippen LogP contribution in [0.1, 0.15) is 13.3 Å². The average Bonchev–Trinajstić information content (AvgIpc) is 2.44. The van der Waals surface area contributed by atoms with Gasteiger partial charge in [-0.3, -0.25) is 4.79 Å². The summed E-state index contributed by atoms with van der Waals surface area (Å²) in [6.45, 7) is 2.87. The number of β-amino-alcohol motifs (C(OH)–C–C–N with tert-alkyl or cyclic N) is 1. The Morgan fingerprint density at radius 3 is 2.73 bits per heavy atom. The Morgan fingerprint density at radius 2 is 2.27 bits per heavy atom. The van der Waals surface area contributed by atoms with Gasteiger partial charge >= 0.3 is 0 Å². The molecule has 15 heavy (non-hydrogen) atoms. The number of likely N-dealkylation sites (tertiary alicyclic amines) is 1. The van der Waals surface area contributed by atoms with Crippen molar-refractivity contribution in [1.82, 2.24) is 9.80 Å². The maximum absolute atomic E-state index is 11.8. The molecule has 5 heteroatoms. The molecule has 1 heterocycles. The van der Waals surface area contributed by atoms with Crippen LogP contribution in [0.4, 0.5) is 0 Å². The summed E-state index contributed by atoms with van der Waals surface area (Å²) in [7, 11) is 3.92. The van der Waals surface area contributed by atoms with Gasteiger partial charge in [-0.1, -0.05) is 0 Å². The summed E-state index contributed by atoms with van der Waals surface area (Å²) in [4.78, 5) is 15.5. The van der Waals surface area contributed by atoms with Gasteiger partial charge < -0.3 is 20.6 Å². The lowest BCUT2D eigenvalue weighted by Crippen LogP contribution is -2.47. The second kappa shape index (κ2) is 4.92. The molecule has 1 rings (SSSR count). The fourth-order valence-electron chi connectivity index (χ4n) is 2.02. The molecule has 3 atom stereocenters. The van der Waals surface area contributed by atoms with Crippen LogP contribution in [0, 0.1) is 0 Å². The highest BCUT2D eigenvalue weighted by molar-refractivity contribution is 5.81. The second-order valence-corrected chi connectivity index (χ2v) is 4.58. The van der Waals surface area contributed by atoms with Gasteiger partial charge in [-0.2, -0.15) is 0 Å². The van der Waals surface area contributed by atoms with E-state index in [4.69, 9.17) is 5.73 Å². The maximum Gasteiger partial charge on any atom is 0.239 e.